The Kier molecular flexibility index (Phi) is 5.56. The van der Waals surface area contributed by atoms with Gasteiger partial charge in [-0.3, -0.25) is 9.36 Å². The second-order valence-electron chi connectivity index (χ2n) is 7.03. The molecule has 0 fully saturated rings. The third-order valence-electron chi connectivity index (χ3n) is 4.85. The first-order chi connectivity index (χ1) is 14.7. The highest BCUT2D eigenvalue weighted by molar-refractivity contribution is 5.80. The first-order valence-corrected chi connectivity index (χ1v) is 10.1. The minimum absolute atomic E-state index is 0.208. The molecule has 0 N–H and O–H groups in total. The van der Waals surface area contributed by atoms with Gasteiger partial charge >= 0.3 is 0 Å². The summed E-state index contributed by atoms with van der Waals surface area (Å²) in [4.78, 5) is 18.1. The fraction of sp³-hybridized carbons (Fsp3) is 0.318. The van der Waals surface area contributed by atoms with E-state index in [1.165, 1.54) is 4.57 Å². The van der Waals surface area contributed by atoms with Crippen LogP contribution in [-0.4, -0.2) is 36.1 Å². The number of aromatic nitrogens is 6. The predicted molar refractivity (Wildman–Crippen MR) is 115 cm³/mol. The fourth-order valence-electron chi connectivity index (χ4n) is 3.43. The van der Waals surface area contributed by atoms with E-state index in [9.17, 15) is 4.79 Å². The van der Waals surface area contributed by atoms with Gasteiger partial charge in [-0.1, -0.05) is 32.4 Å². The van der Waals surface area contributed by atoms with Gasteiger partial charge in [-0.2, -0.15) is 10.2 Å². The Balaban J connectivity index is 1.98. The lowest BCUT2D eigenvalue weighted by atomic mass is 10.1. The first-order valence-electron chi connectivity index (χ1n) is 10.1. The third kappa shape index (κ3) is 3.45. The SMILES string of the molecule is CCCOc1ccccc1-c1nc2c(CCC)n(-c3cccnn3)nc2c(=O)n1C. The highest BCUT2D eigenvalue weighted by Gasteiger charge is 2.21. The van der Waals surface area contributed by atoms with E-state index in [-0.39, 0.29) is 5.56 Å². The van der Waals surface area contributed by atoms with E-state index in [0.717, 1.165) is 24.1 Å². The number of nitrogens with zero attached hydrogens (tertiary/aromatic N) is 6. The Morgan fingerprint density at radius 2 is 1.87 bits per heavy atom. The summed E-state index contributed by atoms with van der Waals surface area (Å²) in [6.07, 6.45) is 4.09. The van der Waals surface area contributed by atoms with Gasteiger partial charge in [-0.15, -0.1) is 5.10 Å². The molecule has 0 radical (unpaired) electrons. The van der Waals surface area contributed by atoms with Gasteiger partial charge in [-0.25, -0.2) is 9.67 Å². The molecule has 4 rings (SSSR count). The van der Waals surface area contributed by atoms with E-state index in [4.69, 9.17) is 9.72 Å². The van der Waals surface area contributed by atoms with E-state index in [1.807, 2.05) is 30.3 Å². The average Bonchev–Trinajstić information content (AvgIpc) is 3.14. The smallest absolute Gasteiger partial charge is 0.281 e. The normalized spacial score (nSPS) is 11.2. The van der Waals surface area contributed by atoms with Crippen LogP contribution in [0.15, 0.2) is 47.4 Å². The first kappa shape index (κ1) is 19.8. The molecule has 3 heterocycles. The van der Waals surface area contributed by atoms with Crippen LogP contribution in [0.4, 0.5) is 0 Å². The van der Waals surface area contributed by atoms with Crippen LogP contribution in [0.5, 0.6) is 5.75 Å². The predicted octanol–water partition coefficient (Wildman–Crippen LogP) is 3.32. The minimum atomic E-state index is -0.208. The Morgan fingerprint density at radius 3 is 2.60 bits per heavy atom. The zero-order valence-electron chi connectivity index (χ0n) is 17.4. The van der Waals surface area contributed by atoms with Crippen molar-refractivity contribution in [2.45, 2.75) is 33.1 Å². The molecule has 3 aromatic heterocycles. The molecule has 0 spiro atoms. The van der Waals surface area contributed by atoms with Gasteiger partial charge in [0.2, 0.25) is 0 Å². The Hall–Kier alpha value is -3.55. The molecule has 8 heteroatoms. The molecule has 0 bridgehead atoms. The van der Waals surface area contributed by atoms with Crippen molar-refractivity contribution < 1.29 is 4.74 Å². The maximum absolute atomic E-state index is 13.2. The second-order valence-corrected chi connectivity index (χ2v) is 7.03. The van der Waals surface area contributed by atoms with Crippen molar-refractivity contribution >= 4 is 11.0 Å². The van der Waals surface area contributed by atoms with E-state index < -0.39 is 0 Å². The molecular formula is C22H24N6O2. The monoisotopic (exact) mass is 404 g/mol. The maximum atomic E-state index is 13.2. The number of fused-ring (bicyclic) bond motifs is 1. The largest absolute Gasteiger partial charge is 0.493 e. The Labute approximate surface area is 174 Å². The second kappa shape index (κ2) is 8.44. The minimum Gasteiger partial charge on any atom is -0.493 e. The number of benzene rings is 1. The van der Waals surface area contributed by atoms with Gasteiger partial charge in [0, 0.05) is 13.2 Å². The van der Waals surface area contributed by atoms with Gasteiger partial charge in [0.1, 0.15) is 17.1 Å². The van der Waals surface area contributed by atoms with Crippen molar-refractivity contribution in [2.75, 3.05) is 6.61 Å². The zero-order valence-corrected chi connectivity index (χ0v) is 17.4. The van der Waals surface area contributed by atoms with E-state index >= 15 is 0 Å². The molecule has 0 amide bonds. The van der Waals surface area contributed by atoms with Crippen molar-refractivity contribution in [3.63, 3.8) is 0 Å². The van der Waals surface area contributed by atoms with Gasteiger partial charge in [0.15, 0.2) is 11.3 Å². The summed E-state index contributed by atoms with van der Waals surface area (Å²) >= 11 is 0. The zero-order chi connectivity index (χ0) is 21.1. The van der Waals surface area contributed by atoms with Crippen LogP contribution >= 0.6 is 0 Å². The molecule has 0 saturated carbocycles. The van der Waals surface area contributed by atoms with E-state index in [1.54, 1.807) is 24.0 Å². The van der Waals surface area contributed by atoms with Crippen molar-refractivity contribution in [3.05, 3.63) is 58.6 Å². The molecule has 0 aliphatic rings. The van der Waals surface area contributed by atoms with E-state index in [0.29, 0.717) is 41.5 Å². The molecule has 8 nitrogen and oxygen atoms in total. The highest BCUT2D eigenvalue weighted by atomic mass is 16.5. The van der Waals surface area contributed by atoms with Crippen molar-refractivity contribution in [1.29, 1.82) is 0 Å². The molecule has 1 aromatic carbocycles. The van der Waals surface area contributed by atoms with E-state index in [2.05, 4.69) is 29.1 Å². The van der Waals surface area contributed by atoms with Crippen molar-refractivity contribution in [2.24, 2.45) is 7.05 Å². The summed E-state index contributed by atoms with van der Waals surface area (Å²) in [6, 6.07) is 11.3. The van der Waals surface area contributed by atoms with Crippen LogP contribution in [0.3, 0.4) is 0 Å². The standard InChI is InChI=1S/C22H24N6O2/c1-4-9-16-19-20(26-28(16)18-12-8-13-23-25-18)22(29)27(3)21(24-19)15-10-6-7-11-17(15)30-14-5-2/h6-8,10-13H,4-5,9,14H2,1-3H3. The average molecular weight is 404 g/mol. The van der Waals surface area contributed by atoms with Gasteiger partial charge in [0.25, 0.3) is 5.56 Å². The van der Waals surface area contributed by atoms with Crippen LogP contribution in [0.25, 0.3) is 28.2 Å². The molecule has 4 aromatic rings. The lowest BCUT2D eigenvalue weighted by Crippen LogP contribution is -2.20. The lowest BCUT2D eigenvalue weighted by Gasteiger charge is -2.13. The van der Waals surface area contributed by atoms with Crippen LogP contribution < -0.4 is 10.3 Å². The van der Waals surface area contributed by atoms with Crippen molar-refractivity contribution in [3.8, 4) is 23.0 Å². The number of ether oxygens (including phenoxy) is 1. The van der Waals surface area contributed by atoms with Crippen LogP contribution in [0.2, 0.25) is 0 Å². The number of para-hydroxylation sites is 1. The molecule has 0 saturated heterocycles. The highest BCUT2D eigenvalue weighted by Crippen LogP contribution is 2.29. The fourth-order valence-corrected chi connectivity index (χ4v) is 3.43. The topological polar surface area (TPSA) is 87.7 Å². The number of hydrogen-bond donors (Lipinski definition) is 0. The molecular weight excluding hydrogens is 380 g/mol. The third-order valence-corrected chi connectivity index (χ3v) is 4.85. The molecule has 0 aliphatic carbocycles. The molecule has 0 unspecified atom stereocenters. The maximum Gasteiger partial charge on any atom is 0.281 e. The summed E-state index contributed by atoms with van der Waals surface area (Å²) in [5.74, 6) is 1.82. The summed E-state index contributed by atoms with van der Waals surface area (Å²) < 4.78 is 9.11. The molecule has 0 atom stereocenters. The van der Waals surface area contributed by atoms with Crippen molar-refractivity contribution in [1.82, 2.24) is 29.5 Å². The molecule has 30 heavy (non-hydrogen) atoms. The van der Waals surface area contributed by atoms with Crippen LogP contribution in [0.1, 0.15) is 32.4 Å². The lowest BCUT2D eigenvalue weighted by molar-refractivity contribution is 0.318. The van der Waals surface area contributed by atoms with Gasteiger partial charge < -0.3 is 4.74 Å². The molecule has 154 valence electrons. The number of hydrogen-bond acceptors (Lipinski definition) is 6. The van der Waals surface area contributed by atoms with Gasteiger partial charge in [0.05, 0.1) is 17.9 Å². The van der Waals surface area contributed by atoms with Crippen LogP contribution in [0, 0.1) is 0 Å². The van der Waals surface area contributed by atoms with Gasteiger partial charge in [-0.05, 0) is 37.1 Å². The Morgan fingerprint density at radius 1 is 1.03 bits per heavy atom. The quantitative estimate of drug-likeness (QED) is 0.470. The Bertz CT molecular complexity index is 1230. The summed E-state index contributed by atoms with van der Waals surface area (Å²) in [6.45, 7) is 4.73. The number of rotatable bonds is 7. The number of aryl methyl sites for hydroxylation is 1. The molecule has 0 aliphatic heterocycles. The summed E-state index contributed by atoms with van der Waals surface area (Å²) in [7, 11) is 1.71. The van der Waals surface area contributed by atoms with Crippen LogP contribution in [-0.2, 0) is 13.5 Å². The summed E-state index contributed by atoms with van der Waals surface area (Å²) in [5.41, 5.74) is 2.33. The summed E-state index contributed by atoms with van der Waals surface area (Å²) in [5, 5.41) is 12.7.